The molecule has 1 saturated carbocycles. The van der Waals surface area contributed by atoms with Crippen molar-refractivity contribution in [3.63, 3.8) is 0 Å². The average molecular weight is 338 g/mol. The lowest BCUT2D eigenvalue weighted by Gasteiger charge is -2.20. The van der Waals surface area contributed by atoms with Gasteiger partial charge in [-0.3, -0.25) is 4.79 Å². The zero-order valence-corrected chi connectivity index (χ0v) is 14.6. The van der Waals surface area contributed by atoms with Gasteiger partial charge in [-0.1, -0.05) is 36.7 Å². The molecule has 0 radical (unpaired) electrons. The maximum absolute atomic E-state index is 12.9. The predicted molar refractivity (Wildman–Crippen MR) is 94.4 cm³/mol. The molecule has 0 atom stereocenters. The molecule has 4 rings (SSSR count). The van der Waals surface area contributed by atoms with Gasteiger partial charge in [-0.2, -0.15) is 4.98 Å². The lowest BCUT2D eigenvalue weighted by atomic mass is 9.85. The molecule has 0 aliphatic heterocycles. The highest BCUT2D eigenvalue weighted by atomic mass is 16.5. The van der Waals surface area contributed by atoms with Crippen LogP contribution in [0.25, 0.3) is 10.9 Å². The molecule has 1 amide bonds. The third-order valence-electron chi connectivity index (χ3n) is 5.04. The van der Waals surface area contributed by atoms with Crippen LogP contribution < -0.4 is 0 Å². The number of H-pyrrole nitrogens is 1. The number of carbonyl (C=O) groups is 1. The Balaban J connectivity index is 1.54. The number of hydrogen-bond donors (Lipinski definition) is 1. The molecule has 1 fully saturated rings. The van der Waals surface area contributed by atoms with Crippen LogP contribution in [-0.4, -0.2) is 33.0 Å². The molecule has 1 aliphatic rings. The number of nitrogens with one attached hydrogen (secondary N) is 1. The van der Waals surface area contributed by atoms with E-state index in [1.807, 2.05) is 24.3 Å². The van der Waals surface area contributed by atoms with E-state index in [2.05, 4.69) is 22.0 Å². The van der Waals surface area contributed by atoms with Crippen LogP contribution in [0.15, 0.2) is 28.8 Å². The third-order valence-corrected chi connectivity index (χ3v) is 5.04. The third kappa shape index (κ3) is 2.81. The summed E-state index contributed by atoms with van der Waals surface area (Å²) in [5.41, 5.74) is 2.69. The molecule has 1 aliphatic carbocycles. The quantitative estimate of drug-likeness (QED) is 0.770. The van der Waals surface area contributed by atoms with E-state index in [0.717, 1.165) is 35.7 Å². The Morgan fingerprint density at radius 2 is 2.16 bits per heavy atom. The van der Waals surface area contributed by atoms with E-state index in [9.17, 15) is 4.79 Å². The van der Waals surface area contributed by atoms with Gasteiger partial charge in [0.25, 0.3) is 5.91 Å². The molecule has 1 aromatic carbocycles. The molecule has 130 valence electrons. The minimum Gasteiger partial charge on any atom is -0.350 e. The van der Waals surface area contributed by atoms with E-state index in [1.165, 1.54) is 6.42 Å². The van der Waals surface area contributed by atoms with Crippen molar-refractivity contribution in [2.75, 3.05) is 7.05 Å². The first-order valence-corrected chi connectivity index (χ1v) is 8.85. The van der Waals surface area contributed by atoms with Crippen LogP contribution in [0.2, 0.25) is 0 Å². The van der Waals surface area contributed by atoms with Gasteiger partial charge in [0, 0.05) is 23.9 Å². The number of aromatic nitrogens is 3. The van der Waals surface area contributed by atoms with Gasteiger partial charge in [0.1, 0.15) is 5.69 Å². The standard InChI is InChI=1S/C19H22N4O2/c1-3-13-14-9-4-5-10-15(14)20-17(13)19(24)23(2)11-16-21-18(25-22-16)12-7-6-8-12/h4-5,9-10,12,20H,3,6-8,11H2,1-2H3. The molecular weight excluding hydrogens is 316 g/mol. The zero-order valence-electron chi connectivity index (χ0n) is 14.6. The number of rotatable bonds is 5. The Kier molecular flexibility index (Phi) is 4.03. The van der Waals surface area contributed by atoms with Crippen LogP contribution in [0.5, 0.6) is 0 Å². The Hall–Kier alpha value is -2.63. The largest absolute Gasteiger partial charge is 0.350 e. The van der Waals surface area contributed by atoms with Crippen molar-refractivity contribution in [3.8, 4) is 0 Å². The summed E-state index contributed by atoms with van der Waals surface area (Å²) >= 11 is 0. The van der Waals surface area contributed by atoms with Gasteiger partial charge >= 0.3 is 0 Å². The van der Waals surface area contributed by atoms with Crippen molar-refractivity contribution in [2.45, 2.75) is 45.1 Å². The van der Waals surface area contributed by atoms with Gasteiger partial charge in [-0.15, -0.1) is 0 Å². The van der Waals surface area contributed by atoms with Crippen molar-refractivity contribution in [1.29, 1.82) is 0 Å². The highest BCUT2D eigenvalue weighted by Crippen LogP contribution is 2.35. The van der Waals surface area contributed by atoms with Crippen LogP contribution in [0, 0.1) is 0 Å². The molecule has 2 heterocycles. The van der Waals surface area contributed by atoms with E-state index in [4.69, 9.17) is 4.52 Å². The second kappa shape index (κ2) is 6.35. The smallest absolute Gasteiger partial charge is 0.270 e. The summed E-state index contributed by atoms with van der Waals surface area (Å²) in [6, 6.07) is 8.01. The van der Waals surface area contributed by atoms with E-state index in [1.54, 1.807) is 11.9 Å². The minimum atomic E-state index is -0.0527. The van der Waals surface area contributed by atoms with Gasteiger partial charge < -0.3 is 14.4 Å². The van der Waals surface area contributed by atoms with E-state index < -0.39 is 0 Å². The number of aromatic amines is 1. The highest BCUT2D eigenvalue weighted by Gasteiger charge is 2.26. The molecule has 3 aromatic rings. The molecule has 0 bridgehead atoms. The molecule has 0 saturated heterocycles. The number of para-hydroxylation sites is 1. The maximum Gasteiger partial charge on any atom is 0.270 e. The summed E-state index contributed by atoms with van der Waals surface area (Å²) in [5, 5.41) is 5.14. The first-order chi connectivity index (χ1) is 12.2. The second-order valence-electron chi connectivity index (χ2n) is 6.72. The number of nitrogens with zero attached hydrogens (tertiary/aromatic N) is 3. The summed E-state index contributed by atoms with van der Waals surface area (Å²) in [4.78, 5) is 22.3. The monoisotopic (exact) mass is 338 g/mol. The lowest BCUT2D eigenvalue weighted by molar-refractivity contribution is 0.0774. The van der Waals surface area contributed by atoms with Crippen molar-refractivity contribution in [2.24, 2.45) is 0 Å². The second-order valence-corrected chi connectivity index (χ2v) is 6.72. The topological polar surface area (TPSA) is 75.0 Å². The fourth-order valence-corrected chi connectivity index (χ4v) is 3.38. The predicted octanol–water partition coefficient (Wildman–Crippen LogP) is 3.65. The number of hydrogen-bond acceptors (Lipinski definition) is 4. The molecule has 25 heavy (non-hydrogen) atoms. The van der Waals surface area contributed by atoms with Crippen LogP contribution in [0.3, 0.4) is 0 Å². The van der Waals surface area contributed by atoms with E-state index in [0.29, 0.717) is 29.9 Å². The summed E-state index contributed by atoms with van der Waals surface area (Å²) in [6.45, 7) is 2.41. The van der Waals surface area contributed by atoms with Crippen LogP contribution in [-0.2, 0) is 13.0 Å². The van der Waals surface area contributed by atoms with Crippen molar-refractivity contribution in [3.05, 3.63) is 47.2 Å². The number of amides is 1. The van der Waals surface area contributed by atoms with Crippen LogP contribution >= 0.6 is 0 Å². The number of benzene rings is 1. The Morgan fingerprint density at radius 3 is 2.88 bits per heavy atom. The number of carbonyl (C=O) groups excluding carboxylic acids is 1. The highest BCUT2D eigenvalue weighted by molar-refractivity contribution is 6.00. The molecular formula is C19H22N4O2. The molecule has 6 heteroatoms. The van der Waals surface area contributed by atoms with E-state index in [-0.39, 0.29) is 5.91 Å². The maximum atomic E-state index is 12.9. The number of aryl methyl sites for hydroxylation is 1. The Labute approximate surface area is 146 Å². The molecule has 1 N–H and O–H groups in total. The fourth-order valence-electron chi connectivity index (χ4n) is 3.38. The molecule has 2 aromatic heterocycles. The summed E-state index contributed by atoms with van der Waals surface area (Å²) < 4.78 is 5.34. The first-order valence-electron chi connectivity index (χ1n) is 8.85. The van der Waals surface area contributed by atoms with Crippen LogP contribution in [0.4, 0.5) is 0 Å². The lowest BCUT2D eigenvalue weighted by Crippen LogP contribution is -2.27. The summed E-state index contributed by atoms with van der Waals surface area (Å²) in [6.07, 6.45) is 4.25. The first kappa shape index (κ1) is 15.9. The Morgan fingerprint density at radius 1 is 1.36 bits per heavy atom. The minimum absolute atomic E-state index is 0.0527. The van der Waals surface area contributed by atoms with Gasteiger partial charge in [-0.25, -0.2) is 0 Å². The Bertz CT molecular complexity index is 907. The summed E-state index contributed by atoms with van der Waals surface area (Å²) in [5.74, 6) is 1.62. The normalized spacial score (nSPS) is 14.6. The molecule has 6 nitrogen and oxygen atoms in total. The molecule has 0 unspecified atom stereocenters. The fraction of sp³-hybridized carbons (Fsp3) is 0.421. The SMILES string of the molecule is CCc1c(C(=O)N(C)Cc2noc(C3CCC3)n2)[nH]c2ccccc12. The van der Waals surface area contributed by atoms with Gasteiger partial charge in [-0.05, 0) is 30.9 Å². The van der Waals surface area contributed by atoms with Crippen molar-refractivity contribution in [1.82, 2.24) is 20.0 Å². The van der Waals surface area contributed by atoms with Gasteiger partial charge in [0.15, 0.2) is 5.82 Å². The number of fused-ring (bicyclic) bond motifs is 1. The van der Waals surface area contributed by atoms with Crippen molar-refractivity contribution >= 4 is 16.8 Å². The molecule has 0 spiro atoms. The van der Waals surface area contributed by atoms with Crippen LogP contribution in [0.1, 0.15) is 59.9 Å². The summed E-state index contributed by atoms with van der Waals surface area (Å²) in [7, 11) is 1.77. The van der Waals surface area contributed by atoms with Gasteiger partial charge in [0.05, 0.1) is 6.54 Å². The van der Waals surface area contributed by atoms with E-state index >= 15 is 0 Å². The van der Waals surface area contributed by atoms with Gasteiger partial charge in [0.2, 0.25) is 5.89 Å². The zero-order chi connectivity index (χ0) is 17.4. The average Bonchev–Trinajstić information content (AvgIpc) is 3.16. The van der Waals surface area contributed by atoms with Crippen molar-refractivity contribution < 1.29 is 9.32 Å².